The van der Waals surface area contributed by atoms with Crippen LogP contribution in [0.4, 0.5) is 11.4 Å². The molecule has 0 heterocycles. The van der Waals surface area contributed by atoms with Crippen LogP contribution in [0.3, 0.4) is 0 Å². The maximum absolute atomic E-state index is 11.9. The highest BCUT2D eigenvalue weighted by molar-refractivity contribution is 8.00. The van der Waals surface area contributed by atoms with Gasteiger partial charge in [-0.2, -0.15) is 0 Å². The van der Waals surface area contributed by atoms with Crippen LogP contribution in [0.1, 0.15) is 5.56 Å². The van der Waals surface area contributed by atoms with Crippen molar-refractivity contribution in [1.82, 2.24) is 0 Å². The molecule has 2 amide bonds. The summed E-state index contributed by atoms with van der Waals surface area (Å²) in [5.41, 5.74) is 2.24. The van der Waals surface area contributed by atoms with Crippen LogP contribution in [-0.4, -0.2) is 23.3 Å². The first-order valence-electron chi connectivity index (χ1n) is 7.04. The molecule has 2 aromatic carbocycles. The van der Waals surface area contributed by atoms with Gasteiger partial charge in [0.15, 0.2) is 0 Å². The molecule has 0 aliphatic carbocycles. The molecule has 0 aromatic heterocycles. The summed E-state index contributed by atoms with van der Waals surface area (Å²) in [6.07, 6.45) is 0. The molecule has 0 saturated heterocycles. The van der Waals surface area contributed by atoms with Crippen molar-refractivity contribution in [2.45, 2.75) is 6.92 Å². The predicted octanol–water partition coefficient (Wildman–Crippen LogP) is 3.96. The Hall–Kier alpha value is -1.98. The zero-order chi connectivity index (χ0) is 16.7. The Labute approximate surface area is 144 Å². The molecular weight excluding hydrogens is 332 g/mol. The van der Waals surface area contributed by atoms with Crippen molar-refractivity contribution in [2.24, 2.45) is 0 Å². The first kappa shape index (κ1) is 17.4. The van der Waals surface area contributed by atoms with Gasteiger partial charge in [-0.1, -0.05) is 41.9 Å². The number of rotatable bonds is 6. The van der Waals surface area contributed by atoms with Crippen molar-refractivity contribution < 1.29 is 9.59 Å². The second-order valence-electron chi connectivity index (χ2n) is 4.89. The number of aryl methyl sites for hydroxylation is 1. The molecule has 6 heteroatoms. The third-order valence-electron chi connectivity index (χ3n) is 2.99. The molecule has 0 aliphatic rings. The second-order valence-corrected chi connectivity index (χ2v) is 6.26. The van der Waals surface area contributed by atoms with E-state index in [4.69, 9.17) is 11.6 Å². The first-order chi connectivity index (χ1) is 11.1. The van der Waals surface area contributed by atoms with Crippen molar-refractivity contribution in [3.05, 3.63) is 59.1 Å². The number of benzene rings is 2. The highest BCUT2D eigenvalue weighted by atomic mass is 35.5. The van der Waals surface area contributed by atoms with Gasteiger partial charge in [0.05, 0.1) is 22.2 Å². The van der Waals surface area contributed by atoms with Crippen molar-refractivity contribution >= 4 is 46.6 Å². The van der Waals surface area contributed by atoms with Crippen LogP contribution >= 0.6 is 23.4 Å². The van der Waals surface area contributed by atoms with Gasteiger partial charge in [-0.3, -0.25) is 9.59 Å². The first-order valence-corrected chi connectivity index (χ1v) is 8.57. The lowest BCUT2D eigenvalue weighted by atomic mass is 10.2. The Kier molecular flexibility index (Phi) is 6.50. The zero-order valence-corrected chi connectivity index (χ0v) is 14.2. The van der Waals surface area contributed by atoms with Gasteiger partial charge in [0.2, 0.25) is 11.8 Å². The third-order valence-corrected chi connectivity index (χ3v) is 4.42. The number of nitrogens with one attached hydrogen (secondary N) is 2. The molecule has 4 nitrogen and oxygen atoms in total. The molecule has 23 heavy (non-hydrogen) atoms. The van der Waals surface area contributed by atoms with Crippen molar-refractivity contribution in [2.75, 3.05) is 22.1 Å². The molecule has 2 aromatic rings. The lowest BCUT2D eigenvalue weighted by Gasteiger charge is -2.09. The van der Waals surface area contributed by atoms with Gasteiger partial charge in [-0.25, -0.2) is 0 Å². The van der Waals surface area contributed by atoms with Gasteiger partial charge in [-0.05, 0) is 30.7 Å². The molecule has 0 atom stereocenters. The fourth-order valence-corrected chi connectivity index (χ4v) is 2.68. The highest BCUT2D eigenvalue weighted by Gasteiger charge is 2.09. The minimum absolute atomic E-state index is 0.136. The highest BCUT2D eigenvalue weighted by Crippen LogP contribution is 2.25. The number of carbonyl (C=O) groups is 2. The molecule has 0 aliphatic heterocycles. The Morgan fingerprint density at radius 3 is 2.30 bits per heavy atom. The van der Waals surface area contributed by atoms with E-state index < -0.39 is 0 Å². The number of thioether (sulfide) groups is 1. The second kappa shape index (κ2) is 8.60. The lowest BCUT2D eigenvalue weighted by molar-refractivity contribution is -0.114. The lowest BCUT2D eigenvalue weighted by Crippen LogP contribution is -2.18. The molecule has 2 rings (SSSR count). The van der Waals surface area contributed by atoms with Crippen molar-refractivity contribution in [1.29, 1.82) is 0 Å². The summed E-state index contributed by atoms with van der Waals surface area (Å²) in [7, 11) is 0. The minimum atomic E-state index is -0.185. The van der Waals surface area contributed by atoms with Gasteiger partial charge in [0.25, 0.3) is 0 Å². The fourth-order valence-electron chi connectivity index (χ4n) is 1.89. The standard InChI is InChI=1S/C17H17ClN2O2S/c1-12-6-5-9-14(17(12)18)20-16(22)11-23-10-15(21)19-13-7-3-2-4-8-13/h2-9H,10-11H2,1H3,(H,19,21)(H,20,22). The number of carbonyl (C=O) groups excluding carboxylic acids is 2. The van der Waals surface area contributed by atoms with Crippen LogP contribution in [0.5, 0.6) is 0 Å². The van der Waals surface area contributed by atoms with E-state index in [0.29, 0.717) is 10.7 Å². The van der Waals surface area contributed by atoms with E-state index in [0.717, 1.165) is 11.3 Å². The third kappa shape index (κ3) is 5.62. The monoisotopic (exact) mass is 348 g/mol. The molecular formula is C17H17ClN2O2S. The number of hydrogen-bond acceptors (Lipinski definition) is 3. The molecule has 0 fully saturated rings. The Balaban J connectivity index is 1.74. The Morgan fingerprint density at radius 2 is 1.61 bits per heavy atom. The smallest absolute Gasteiger partial charge is 0.234 e. The van der Waals surface area contributed by atoms with E-state index in [1.165, 1.54) is 11.8 Å². The van der Waals surface area contributed by atoms with E-state index in [1.54, 1.807) is 6.07 Å². The van der Waals surface area contributed by atoms with Crippen molar-refractivity contribution in [3.8, 4) is 0 Å². The van der Waals surface area contributed by atoms with E-state index in [-0.39, 0.29) is 23.3 Å². The summed E-state index contributed by atoms with van der Waals surface area (Å²) < 4.78 is 0. The van der Waals surface area contributed by atoms with E-state index in [1.807, 2.05) is 49.4 Å². The molecule has 0 spiro atoms. The van der Waals surface area contributed by atoms with Gasteiger partial charge in [0, 0.05) is 5.69 Å². The quantitative estimate of drug-likeness (QED) is 0.830. The van der Waals surface area contributed by atoms with Gasteiger partial charge < -0.3 is 10.6 Å². The van der Waals surface area contributed by atoms with E-state index >= 15 is 0 Å². The number of hydrogen-bond donors (Lipinski definition) is 2. The van der Waals surface area contributed by atoms with Crippen LogP contribution in [0.2, 0.25) is 5.02 Å². The van der Waals surface area contributed by atoms with Crippen LogP contribution in [-0.2, 0) is 9.59 Å². The van der Waals surface area contributed by atoms with Crippen LogP contribution in [0.25, 0.3) is 0 Å². The SMILES string of the molecule is Cc1cccc(NC(=O)CSCC(=O)Nc2ccccc2)c1Cl. The summed E-state index contributed by atoms with van der Waals surface area (Å²) in [4.78, 5) is 23.7. The summed E-state index contributed by atoms with van der Waals surface area (Å²) >= 11 is 7.38. The predicted molar refractivity (Wildman–Crippen MR) is 97.2 cm³/mol. The summed E-state index contributed by atoms with van der Waals surface area (Å²) in [5, 5.41) is 6.06. The number of para-hydroxylation sites is 1. The van der Waals surface area contributed by atoms with Gasteiger partial charge >= 0.3 is 0 Å². The molecule has 0 unspecified atom stereocenters. The average Bonchev–Trinajstić information content (AvgIpc) is 2.53. The van der Waals surface area contributed by atoms with Gasteiger partial charge in [0.1, 0.15) is 0 Å². The average molecular weight is 349 g/mol. The molecule has 0 bridgehead atoms. The van der Waals surface area contributed by atoms with E-state index in [2.05, 4.69) is 10.6 Å². The topological polar surface area (TPSA) is 58.2 Å². The number of anilines is 2. The Morgan fingerprint density at radius 1 is 0.957 bits per heavy atom. The van der Waals surface area contributed by atoms with Crippen molar-refractivity contribution in [3.63, 3.8) is 0 Å². The van der Waals surface area contributed by atoms with E-state index in [9.17, 15) is 9.59 Å². The normalized spacial score (nSPS) is 10.2. The van der Waals surface area contributed by atoms with Crippen LogP contribution in [0, 0.1) is 6.92 Å². The van der Waals surface area contributed by atoms with Gasteiger partial charge in [-0.15, -0.1) is 11.8 Å². The molecule has 0 saturated carbocycles. The maximum Gasteiger partial charge on any atom is 0.234 e. The number of amides is 2. The number of halogens is 1. The summed E-state index contributed by atoms with van der Waals surface area (Å²) in [6, 6.07) is 14.7. The minimum Gasteiger partial charge on any atom is -0.325 e. The van der Waals surface area contributed by atoms with Crippen LogP contribution < -0.4 is 10.6 Å². The largest absolute Gasteiger partial charge is 0.325 e. The Bertz CT molecular complexity index is 692. The summed E-state index contributed by atoms with van der Waals surface area (Å²) in [5.74, 6) is 0.0775. The fraction of sp³-hybridized carbons (Fsp3) is 0.176. The van der Waals surface area contributed by atoms with Crippen LogP contribution in [0.15, 0.2) is 48.5 Å². The zero-order valence-electron chi connectivity index (χ0n) is 12.6. The maximum atomic E-state index is 11.9. The summed E-state index contributed by atoms with van der Waals surface area (Å²) in [6.45, 7) is 1.88. The molecule has 0 radical (unpaired) electrons. The molecule has 2 N–H and O–H groups in total. The molecule has 120 valence electrons.